The molecule has 0 spiro atoms. The summed E-state index contributed by atoms with van der Waals surface area (Å²) in [5.41, 5.74) is 8.52. The Balaban J connectivity index is 0.742. The van der Waals surface area contributed by atoms with E-state index in [9.17, 15) is 52.2 Å². The molecule has 108 heavy (non-hydrogen) atoms. The molecule has 1 fully saturated rings. The number of hydrogen-bond donors (Lipinski definition) is 10. The summed E-state index contributed by atoms with van der Waals surface area (Å²) in [6.45, 7) is 17.3. The number of phosphoric ester groups is 1. The molecule has 3 aromatic carbocycles. The van der Waals surface area contributed by atoms with Crippen molar-refractivity contribution >= 4 is 104 Å². The molecule has 0 saturated carbocycles. The van der Waals surface area contributed by atoms with Crippen molar-refractivity contribution in [3.8, 4) is 17.2 Å². The first-order chi connectivity index (χ1) is 51.4. The second kappa shape index (κ2) is 39.9. The summed E-state index contributed by atoms with van der Waals surface area (Å²) in [7, 11) is -17.0. The van der Waals surface area contributed by atoms with Gasteiger partial charge in [0.2, 0.25) is 17.7 Å². The van der Waals surface area contributed by atoms with Crippen LogP contribution in [0.15, 0.2) is 124 Å². The number of rotatable bonds is 44. The normalized spacial score (nSPS) is 16.3. The lowest BCUT2D eigenvalue weighted by Gasteiger charge is -2.23. The fourth-order valence-corrected chi connectivity index (χ4v) is 14.0. The number of oxazole rings is 1. The number of ether oxygens (including phenoxy) is 7. The van der Waals surface area contributed by atoms with Crippen molar-refractivity contribution in [1.29, 1.82) is 0 Å². The number of alkyl carbamates (subject to hydrolysis) is 1. The molecule has 36 nitrogen and oxygen atoms in total. The zero-order valence-corrected chi connectivity index (χ0v) is 62.8. The predicted molar refractivity (Wildman–Crippen MR) is 394 cm³/mol. The number of nitrogens with zero attached hydrogens (tertiary/aromatic N) is 5. The van der Waals surface area contributed by atoms with Crippen LogP contribution in [0.1, 0.15) is 112 Å². The van der Waals surface area contributed by atoms with Crippen LogP contribution in [0.2, 0.25) is 0 Å². The Labute approximate surface area is 620 Å². The van der Waals surface area contributed by atoms with Gasteiger partial charge in [-0.2, -0.15) is 8.62 Å². The lowest BCUT2D eigenvalue weighted by Crippen LogP contribution is -2.48. The van der Waals surface area contributed by atoms with Gasteiger partial charge in [-0.25, -0.2) is 38.2 Å². The molecule has 0 aliphatic carbocycles. The van der Waals surface area contributed by atoms with Crippen LogP contribution in [0.4, 0.5) is 16.3 Å². The molecule has 5 heterocycles. The van der Waals surface area contributed by atoms with Crippen LogP contribution >= 0.6 is 23.5 Å². The fourth-order valence-electron chi connectivity index (χ4n) is 11.0. The van der Waals surface area contributed by atoms with E-state index in [0.717, 1.165) is 18.8 Å². The summed E-state index contributed by atoms with van der Waals surface area (Å²) >= 11 is 0. The standard InChI is InChI=1S/C69H90N11O25P3/c1-8-31-94-43-98-55-37-58(100-56(55)39-99-107(90,91)105-108(92,93)104-106(87,88)89)80-38-47(60-61(70)75-42-76-62(60)80)20-18-30-71-57(81)40-97-59(95-32-9-2)41-96-49-21-17-19-45(33-49)63(82)72-27-14-12-15-28-74-65(84)51(78-68(86)103-69(5,6)7)22-13-16-29-73-64(83)46-24-26-53-52(35-46)77-66(101-53)50-34-44-23-25-48(79(10-3)11-4)36-54(44)102-67(50)85/h8-9,17-21,23-26,33-36,38,42,51,55-56,58-59H,1-2,10-16,22,27-32,37,39-41,43H2,3-7H3,(H,71,81)(H,72,82)(H,73,83)(H,74,84)(H,78,86)(H,90,91)(H,92,93)(H2,70,75,76)(H2,87,88,89)/b20-18+. The summed E-state index contributed by atoms with van der Waals surface area (Å²) in [6, 6.07) is 17.6. The minimum atomic E-state index is -5.81. The van der Waals surface area contributed by atoms with Crippen molar-refractivity contribution in [2.24, 2.45) is 0 Å². The van der Waals surface area contributed by atoms with Crippen LogP contribution < -0.4 is 47.6 Å². The van der Waals surface area contributed by atoms with E-state index in [1.54, 1.807) is 86.2 Å². The Kier molecular flexibility index (Phi) is 31.2. The van der Waals surface area contributed by atoms with Crippen molar-refractivity contribution in [2.45, 2.75) is 116 Å². The molecule has 1 saturated heterocycles. The molecule has 1 aliphatic heterocycles. The number of hydrogen-bond acceptors (Lipinski definition) is 26. The molecule has 39 heteroatoms. The van der Waals surface area contributed by atoms with Gasteiger partial charge in [0.1, 0.15) is 84.2 Å². The Morgan fingerprint density at radius 2 is 1.54 bits per heavy atom. The third kappa shape index (κ3) is 26.1. The number of fused-ring (bicyclic) bond motifs is 3. The van der Waals surface area contributed by atoms with Gasteiger partial charge in [-0.15, -0.1) is 13.2 Å². The Hall–Kier alpha value is -9.06. The summed E-state index contributed by atoms with van der Waals surface area (Å²) in [6.07, 6.45) is 7.12. The molecule has 8 rings (SSSR count). The maximum atomic E-state index is 13.5. The van der Waals surface area contributed by atoms with Crippen LogP contribution in [0.3, 0.4) is 0 Å². The third-order valence-corrected chi connectivity index (χ3v) is 19.8. The first kappa shape index (κ1) is 84.6. The maximum Gasteiger partial charge on any atom is 0.490 e. The second-order valence-electron chi connectivity index (χ2n) is 25.2. The fraction of sp³-hybridized carbons (Fsp3) is 0.435. The van der Waals surface area contributed by atoms with Gasteiger partial charge in [-0.1, -0.05) is 30.4 Å². The lowest BCUT2D eigenvalue weighted by atomic mass is 10.1. The maximum absolute atomic E-state index is 13.5. The van der Waals surface area contributed by atoms with Gasteiger partial charge in [0, 0.05) is 85.7 Å². The third-order valence-electron chi connectivity index (χ3n) is 16.0. The number of benzene rings is 3. The average molecular weight is 1570 g/mol. The van der Waals surface area contributed by atoms with Crippen LogP contribution in [0.5, 0.6) is 5.75 Å². The van der Waals surface area contributed by atoms with E-state index >= 15 is 0 Å². The molecule has 4 aromatic heterocycles. The van der Waals surface area contributed by atoms with Crippen molar-refractivity contribution in [3.63, 3.8) is 0 Å². The summed E-state index contributed by atoms with van der Waals surface area (Å²) in [4.78, 5) is 132. The van der Waals surface area contributed by atoms with E-state index in [2.05, 4.69) is 68.2 Å². The molecule has 7 atom stereocenters. The SMILES string of the molecule is C=CCOCOC1CC(n2cc(/C=C/CNC(=O)COC(COc3cccc(C(=O)NCCCCCNC(=O)C(CCCCNC(=O)c4ccc5oc(-c6cc7ccc(N(CC)CC)cc7oc6=O)nc5c4)NC(=O)OC(C)(C)C)c3)OCC=C)c3c(N)ncnc32)OC1COP(=O)(O)OP(=O)(O)OP(=O)(O)O. The van der Waals surface area contributed by atoms with Crippen molar-refractivity contribution in [3.05, 3.63) is 138 Å². The molecule has 1 aliphatic rings. The number of aromatic nitrogens is 4. The number of anilines is 2. The van der Waals surface area contributed by atoms with E-state index in [1.165, 1.54) is 24.5 Å². The molecule has 5 amide bonds. The van der Waals surface area contributed by atoms with Gasteiger partial charge in [-0.05, 0) is 128 Å². The molecule has 7 unspecified atom stereocenters. The molecule has 7 aromatic rings. The first-order valence-electron chi connectivity index (χ1n) is 34.4. The number of amides is 5. The highest BCUT2D eigenvalue weighted by Gasteiger charge is 2.44. The quantitative estimate of drug-likeness (QED) is 0.00565. The minimum absolute atomic E-state index is 0.00567. The lowest BCUT2D eigenvalue weighted by molar-refractivity contribution is -0.162. The first-order valence-corrected chi connectivity index (χ1v) is 38.9. The van der Waals surface area contributed by atoms with Gasteiger partial charge in [-0.3, -0.25) is 23.7 Å². The largest absolute Gasteiger partial charge is 0.490 e. The van der Waals surface area contributed by atoms with Crippen molar-refractivity contribution < 1.29 is 112 Å². The topological polar surface area (TPSA) is 486 Å². The zero-order valence-electron chi connectivity index (χ0n) is 60.1. The molecule has 11 N–H and O–H groups in total. The van der Waals surface area contributed by atoms with Crippen LogP contribution in [0, 0.1) is 0 Å². The molecule has 0 bridgehead atoms. The summed E-state index contributed by atoms with van der Waals surface area (Å²) in [5, 5.41) is 15.1. The summed E-state index contributed by atoms with van der Waals surface area (Å²) < 4.78 is 101. The van der Waals surface area contributed by atoms with Gasteiger partial charge < -0.3 is 103 Å². The Bertz CT molecular complexity index is 4520. The second-order valence-corrected chi connectivity index (χ2v) is 29.6. The Morgan fingerprint density at radius 3 is 2.25 bits per heavy atom. The molecular formula is C69H90N11O25P3. The Morgan fingerprint density at radius 1 is 0.815 bits per heavy atom. The van der Waals surface area contributed by atoms with E-state index in [-0.39, 0.29) is 93.8 Å². The molecular weight excluding hydrogens is 1480 g/mol. The van der Waals surface area contributed by atoms with Gasteiger partial charge >= 0.3 is 35.2 Å². The average Bonchev–Trinajstić information content (AvgIpc) is 1.60. The number of carbonyl (C=O) groups is 5. The number of unbranched alkanes of at least 4 members (excludes halogenated alkanes) is 3. The number of nitrogen functional groups attached to an aromatic ring is 1. The van der Waals surface area contributed by atoms with Gasteiger partial charge in [0.05, 0.1) is 31.3 Å². The zero-order chi connectivity index (χ0) is 78.2. The molecule has 0 radical (unpaired) electrons. The van der Waals surface area contributed by atoms with E-state index < -0.39 is 96.6 Å². The van der Waals surface area contributed by atoms with E-state index in [1.807, 2.05) is 32.0 Å². The monoisotopic (exact) mass is 1570 g/mol. The smallest absolute Gasteiger partial charge is 0.488 e. The highest BCUT2D eigenvalue weighted by atomic mass is 31.3. The van der Waals surface area contributed by atoms with Gasteiger partial charge in [0.25, 0.3) is 11.8 Å². The van der Waals surface area contributed by atoms with Crippen molar-refractivity contribution in [1.82, 2.24) is 46.1 Å². The van der Waals surface area contributed by atoms with Crippen LogP contribution in [-0.2, 0) is 64.9 Å². The van der Waals surface area contributed by atoms with Crippen molar-refractivity contribution in [2.75, 3.05) is 89.7 Å². The highest BCUT2D eigenvalue weighted by molar-refractivity contribution is 7.66. The van der Waals surface area contributed by atoms with Crippen LogP contribution in [-0.4, -0.2) is 178 Å². The van der Waals surface area contributed by atoms with Crippen LogP contribution in [0.25, 0.3) is 50.6 Å². The van der Waals surface area contributed by atoms with Gasteiger partial charge in [0.15, 0.2) is 11.9 Å². The highest BCUT2D eigenvalue weighted by Crippen LogP contribution is 2.66. The van der Waals surface area contributed by atoms with E-state index in [0.29, 0.717) is 88.5 Å². The minimum Gasteiger partial charge on any atom is -0.488 e. The molecule has 586 valence electrons. The number of carbonyl (C=O) groups excluding carboxylic acids is 5. The van der Waals surface area contributed by atoms with E-state index in [4.69, 9.17) is 62.0 Å². The predicted octanol–water partition coefficient (Wildman–Crippen LogP) is 8.21. The summed E-state index contributed by atoms with van der Waals surface area (Å²) in [5.74, 6) is -1.23. The number of nitrogens with two attached hydrogens (primary N) is 1. The number of nitrogens with one attached hydrogen (secondary N) is 5. The number of phosphoric acid groups is 3.